The Bertz CT molecular complexity index is 1030. The van der Waals surface area contributed by atoms with Gasteiger partial charge in [0.2, 0.25) is 5.91 Å². The van der Waals surface area contributed by atoms with E-state index in [0.717, 1.165) is 12.8 Å². The molecular formula is C20H22FN7O3. The molecule has 31 heavy (non-hydrogen) atoms. The molecule has 1 aromatic carbocycles. The molecule has 11 heteroatoms. The highest BCUT2D eigenvalue weighted by molar-refractivity contribution is 5.90. The maximum atomic E-state index is 14.9. The Morgan fingerprint density at radius 3 is 2.81 bits per heavy atom. The second kappa shape index (κ2) is 8.59. The summed E-state index contributed by atoms with van der Waals surface area (Å²) in [5, 5.41) is 19.3. The molecule has 0 bridgehead atoms. The van der Waals surface area contributed by atoms with Gasteiger partial charge in [-0.25, -0.2) is 13.9 Å². The average Bonchev–Trinajstić information content (AvgIpc) is 3.39. The Kier molecular flexibility index (Phi) is 5.70. The van der Waals surface area contributed by atoms with E-state index in [1.165, 1.54) is 17.9 Å². The zero-order valence-electron chi connectivity index (χ0n) is 17.0. The summed E-state index contributed by atoms with van der Waals surface area (Å²) in [6, 6.07) is 6.78. The van der Waals surface area contributed by atoms with Crippen molar-refractivity contribution >= 4 is 23.4 Å². The number of hydrogen-bond donors (Lipinski definition) is 1. The zero-order valence-corrected chi connectivity index (χ0v) is 17.0. The summed E-state index contributed by atoms with van der Waals surface area (Å²) >= 11 is 0. The molecule has 0 spiro atoms. The zero-order chi connectivity index (χ0) is 22.0. The minimum Gasteiger partial charge on any atom is -0.442 e. The van der Waals surface area contributed by atoms with Crippen LogP contribution in [0.3, 0.4) is 0 Å². The number of nitrogens with one attached hydrogen (secondary N) is 1. The van der Waals surface area contributed by atoms with Crippen molar-refractivity contribution in [3.05, 3.63) is 35.9 Å². The number of anilines is 2. The molecule has 2 saturated heterocycles. The normalized spacial score (nSPS) is 19.3. The van der Waals surface area contributed by atoms with E-state index >= 15 is 0 Å². The van der Waals surface area contributed by atoms with Gasteiger partial charge < -0.3 is 15.0 Å². The first-order valence-electron chi connectivity index (χ1n) is 10.0. The molecule has 0 aliphatic carbocycles. The number of amides is 2. The lowest BCUT2D eigenvalue weighted by atomic mass is 10.0. The minimum absolute atomic E-state index is 0.119. The number of hydrogen-bond acceptors (Lipinski definition) is 7. The third-order valence-corrected chi connectivity index (χ3v) is 5.50. The van der Waals surface area contributed by atoms with Gasteiger partial charge in [0, 0.05) is 20.0 Å². The Morgan fingerprint density at radius 1 is 1.39 bits per heavy atom. The number of halogens is 1. The molecule has 0 radical (unpaired) electrons. The smallest absolute Gasteiger partial charge is 0.414 e. The number of rotatable bonds is 5. The van der Waals surface area contributed by atoms with Gasteiger partial charge in [0.05, 0.1) is 36.7 Å². The van der Waals surface area contributed by atoms with E-state index in [1.54, 1.807) is 23.0 Å². The van der Waals surface area contributed by atoms with Crippen LogP contribution in [0.2, 0.25) is 0 Å². The molecule has 2 aliphatic rings. The van der Waals surface area contributed by atoms with Gasteiger partial charge in [-0.05, 0) is 31.0 Å². The van der Waals surface area contributed by atoms with Crippen molar-refractivity contribution in [2.24, 2.45) is 0 Å². The first kappa shape index (κ1) is 20.6. The monoisotopic (exact) mass is 427 g/mol. The molecule has 1 aromatic heterocycles. The van der Waals surface area contributed by atoms with Gasteiger partial charge >= 0.3 is 6.09 Å². The Hall–Kier alpha value is -3.68. The van der Waals surface area contributed by atoms with Crippen LogP contribution < -0.4 is 15.1 Å². The second-order valence-electron chi connectivity index (χ2n) is 7.60. The maximum absolute atomic E-state index is 14.9. The maximum Gasteiger partial charge on any atom is 0.414 e. The number of benzene rings is 1. The molecule has 1 atom stereocenters. The molecule has 0 saturated carbocycles. The summed E-state index contributed by atoms with van der Waals surface area (Å²) in [4.78, 5) is 26.5. The SMILES string of the molecule is CC(=O)NC[C@H]1CN(c2ccc(N3CCC(n4cc(C#N)nn4)CC3)c(F)c2)C(=O)O1. The van der Waals surface area contributed by atoms with Crippen LogP contribution in [-0.2, 0) is 9.53 Å². The molecule has 2 amide bonds. The van der Waals surface area contributed by atoms with E-state index in [0.29, 0.717) is 24.5 Å². The van der Waals surface area contributed by atoms with E-state index in [-0.39, 0.29) is 30.7 Å². The van der Waals surface area contributed by atoms with Gasteiger partial charge in [0.15, 0.2) is 5.69 Å². The molecule has 3 heterocycles. The summed E-state index contributed by atoms with van der Waals surface area (Å²) in [5.74, 6) is -0.621. The summed E-state index contributed by atoms with van der Waals surface area (Å²) in [5.41, 5.74) is 1.17. The van der Waals surface area contributed by atoms with E-state index in [4.69, 9.17) is 10.00 Å². The van der Waals surface area contributed by atoms with Gasteiger partial charge in [0.25, 0.3) is 0 Å². The van der Waals surface area contributed by atoms with Gasteiger partial charge in [-0.15, -0.1) is 5.10 Å². The lowest BCUT2D eigenvalue weighted by Gasteiger charge is -2.33. The molecular weight excluding hydrogens is 405 g/mol. The standard InChI is InChI=1S/C20H22FN7O3/c1-13(29)23-10-17-12-27(20(30)31-17)16-2-3-19(18(21)8-16)26-6-4-15(5-7-26)28-11-14(9-22)24-25-28/h2-3,8,11,15,17H,4-7,10,12H2,1H3,(H,23,29)/t17-/m0/s1. The quantitative estimate of drug-likeness (QED) is 0.770. The van der Waals surface area contributed by atoms with Crippen molar-refractivity contribution in [2.75, 3.05) is 36.0 Å². The summed E-state index contributed by atoms with van der Waals surface area (Å²) in [6.45, 7) is 3.11. The van der Waals surface area contributed by atoms with E-state index in [2.05, 4.69) is 15.6 Å². The lowest BCUT2D eigenvalue weighted by Crippen LogP contribution is -2.35. The van der Waals surface area contributed by atoms with Crippen LogP contribution in [0, 0.1) is 17.1 Å². The predicted molar refractivity (Wildman–Crippen MR) is 108 cm³/mol. The molecule has 0 unspecified atom stereocenters. The van der Waals surface area contributed by atoms with E-state index in [9.17, 15) is 14.0 Å². The summed E-state index contributed by atoms with van der Waals surface area (Å²) in [7, 11) is 0. The fourth-order valence-electron chi connectivity index (χ4n) is 3.89. The molecule has 2 fully saturated rings. The second-order valence-corrected chi connectivity index (χ2v) is 7.60. The molecule has 4 rings (SSSR count). The van der Waals surface area contributed by atoms with Crippen molar-refractivity contribution in [3.8, 4) is 6.07 Å². The van der Waals surface area contributed by atoms with Crippen LogP contribution >= 0.6 is 0 Å². The number of aromatic nitrogens is 3. The van der Waals surface area contributed by atoms with Crippen LogP contribution in [0.25, 0.3) is 0 Å². The summed E-state index contributed by atoms with van der Waals surface area (Å²) < 4.78 is 21.8. The van der Waals surface area contributed by atoms with Crippen LogP contribution in [0.5, 0.6) is 0 Å². The van der Waals surface area contributed by atoms with Crippen molar-refractivity contribution in [2.45, 2.75) is 31.9 Å². The van der Waals surface area contributed by atoms with Crippen LogP contribution in [0.15, 0.2) is 24.4 Å². The number of piperidine rings is 1. The van der Waals surface area contributed by atoms with E-state index in [1.807, 2.05) is 11.0 Å². The largest absolute Gasteiger partial charge is 0.442 e. The highest BCUT2D eigenvalue weighted by atomic mass is 19.1. The highest BCUT2D eigenvalue weighted by Gasteiger charge is 2.33. The van der Waals surface area contributed by atoms with Crippen molar-refractivity contribution in [1.82, 2.24) is 20.3 Å². The fourth-order valence-corrected chi connectivity index (χ4v) is 3.89. The Balaban J connectivity index is 1.39. The van der Waals surface area contributed by atoms with Gasteiger partial charge in [-0.3, -0.25) is 9.69 Å². The number of cyclic esters (lactones) is 1. The van der Waals surface area contributed by atoms with Crippen molar-refractivity contribution in [1.29, 1.82) is 5.26 Å². The first-order chi connectivity index (χ1) is 14.9. The fraction of sp³-hybridized carbons (Fsp3) is 0.450. The molecule has 10 nitrogen and oxygen atoms in total. The average molecular weight is 427 g/mol. The van der Waals surface area contributed by atoms with Crippen LogP contribution in [-0.4, -0.2) is 59.3 Å². The highest BCUT2D eigenvalue weighted by Crippen LogP contribution is 2.31. The lowest BCUT2D eigenvalue weighted by molar-refractivity contribution is -0.119. The topological polar surface area (TPSA) is 116 Å². The van der Waals surface area contributed by atoms with Crippen LogP contribution in [0.4, 0.5) is 20.6 Å². The van der Waals surface area contributed by atoms with Crippen molar-refractivity contribution in [3.63, 3.8) is 0 Å². The number of nitriles is 1. The van der Waals surface area contributed by atoms with Gasteiger partial charge in [0.1, 0.15) is 18.0 Å². The Morgan fingerprint density at radius 2 is 2.16 bits per heavy atom. The van der Waals surface area contributed by atoms with E-state index < -0.39 is 18.0 Å². The third-order valence-electron chi connectivity index (χ3n) is 5.50. The first-order valence-corrected chi connectivity index (χ1v) is 10.0. The van der Waals surface area contributed by atoms with Gasteiger partial charge in [-0.1, -0.05) is 5.21 Å². The van der Waals surface area contributed by atoms with Crippen molar-refractivity contribution < 1.29 is 18.7 Å². The number of ether oxygens (including phenoxy) is 1. The number of carbonyl (C=O) groups excluding carboxylic acids is 2. The number of carbonyl (C=O) groups is 2. The summed E-state index contributed by atoms with van der Waals surface area (Å²) in [6.07, 6.45) is 2.09. The molecule has 1 N–H and O–H groups in total. The molecule has 2 aromatic rings. The predicted octanol–water partition coefficient (Wildman–Crippen LogP) is 1.59. The molecule has 162 valence electrons. The van der Waals surface area contributed by atoms with Crippen LogP contribution in [0.1, 0.15) is 31.5 Å². The third kappa shape index (κ3) is 4.42. The molecule has 2 aliphatic heterocycles. The number of nitrogens with zero attached hydrogens (tertiary/aromatic N) is 6. The minimum atomic E-state index is -0.562. The Labute approximate surface area is 178 Å². The van der Waals surface area contributed by atoms with Gasteiger partial charge in [-0.2, -0.15) is 5.26 Å².